The van der Waals surface area contributed by atoms with Crippen LogP contribution in [0.3, 0.4) is 0 Å². The summed E-state index contributed by atoms with van der Waals surface area (Å²) in [5.41, 5.74) is 4.77. The van der Waals surface area contributed by atoms with Gasteiger partial charge in [0, 0.05) is 11.1 Å². The molecule has 0 atom stereocenters. The lowest BCUT2D eigenvalue weighted by molar-refractivity contribution is 0.291. The highest BCUT2D eigenvalue weighted by Crippen LogP contribution is 2.33. The van der Waals surface area contributed by atoms with Crippen LogP contribution in [0.1, 0.15) is 30.0 Å². The highest BCUT2D eigenvalue weighted by molar-refractivity contribution is 5.82. The van der Waals surface area contributed by atoms with Gasteiger partial charge in [0.25, 0.3) is 5.56 Å². The second-order valence-electron chi connectivity index (χ2n) is 7.04. The van der Waals surface area contributed by atoms with Crippen LogP contribution in [0, 0.1) is 11.3 Å². The molecule has 0 spiro atoms. The summed E-state index contributed by atoms with van der Waals surface area (Å²) < 4.78 is 11.4. The zero-order valence-electron chi connectivity index (χ0n) is 18.6. The normalized spacial score (nSPS) is 10.6. The van der Waals surface area contributed by atoms with Crippen molar-refractivity contribution in [3.05, 3.63) is 82.2 Å². The van der Waals surface area contributed by atoms with Gasteiger partial charge in [-0.15, -0.1) is 6.58 Å². The first-order valence-corrected chi connectivity index (χ1v) is 10.4. The van der Waals surface area contributed by atoms with E-state index in [0.29, 0.717) is 30.1 Å². The van der Waals surface area contributed by atoms with Crippen LogP contribution in [0.4, 0.5) is 5.95 Å². The number of nitrogens with one attached hydrogen (secondary N) is 2. The van der Waals surface area contributed by atoms with E-state index in [0.717, 1.165) is 17.5 Å². The number of anilines is 1. The Balaban J connectivity index is 1.90. The van der Waals surface area contributed by atoms with E-state index in [-0.39, 0.29) is 17.2 Å². The van der Waals surface area contributed by atoms with Gasteiger partial charge in [-0.2, -0.15) is 10.4 Å². The summed E-state index contributed by atoms with van der Waals surface area (Å²) in [4.78, 5) is 19.3. The van der Waals surface area contributed by atoms with Crippen molar-refractivity contribution in [3.8, 4) is 28.8 Å². The molecule has 8 heteroatoms. The van der Waals surface area contributed by atoms with E-state index in [4.69, 9.17) is 9.47 Å². The molecular weight excluding hydrogens is 418 g/mol. The minimum Gasteiger partial charge on any atom is -0.493 e. The molecule has 0 saturated carbocycles. The first kappa shape index (κ1) is 23.3. The van der Waals surface area contributed by atoms with E-state index in [1.165, 1.54) is 0 Å². The number of allylic oxidation sites excluding steroid dienone is 1. The van der Waals surface area contributed by atoms with E-state index in [1.54, 1.807) is 31.5 Å². The number of benzene rings is 2. The molecule has 3 rings (SSSR count). The number of aromatic amines is 1. The highest BCUT2D eigenvalue weighted by atomic mass is 16.5. The number of hydrogen-bond donors (Lipinski definition) is 2. The third kappa shape index (κ3) is 5.66. The van der Waals surface area contributed by atoms with Gasteiger partial charge in [0.2, 0.25) is 5.95 Å². The van der Waals surface area contributed by atoms with Crippen LogP contribution >= 0.6 is 0 Å². The fraction of sp³-hybridized carbons (Fsp3) is 0.200. The molecule has 0 amide bonds. The van der Waals surface area contributed by atoms with Crippen molar-refractivity contribution in [1.82, 2.24) is 9.97 Å². The summed E-state index contributed by atoms with van der Waals surface area (Å²) in [6.07, 6.45) is 4.86. The Morgan fingerprint density at radius 3 is 2.76 bits per heavy atom. The highest BCUT2D eigenvalue weighted by Gasteiger charge is 2.14. The minimum atomic E-state index is -0.545. The van der Waals surface area contributed by atoms with Gasteiger partial charge >= 0.3 is 0 Å². The molecule has 0 bridgehead atoms. The Hall–Kier alpha value is -4.38. The molecule has 0 aliphatic rings. The van der Waals surface area contributed by atoms with Crippen LogP contribution in [-0.4, -0.2) is 29.9 Å². The van der Waals surface area contributed by atoms with Crippen molar-refractivity contribution in [1.29, 1.82) is 5.26 Å². The number of rotatable bonds is 10. The van der Waals surface area contributed by atoms with Crippen molar-refractivity contribution < 1.29 is 9.47 Å². The van der Waals surface area contributed by atoms with Gasteiger partial charge < -0.3 is 9.47 Å². The van der Waals surface area contributed by atoms with Crippen LogP contribution < -0.4 is 20.5 Å². The second-order valence-corrected chi connectivity index (χ2v) is 7.04. The van der Waals surface area contributed by atoms with Crippen LogP contribution in [0.5, 0.6) is 11.5 Å². The van der Waals surface area contributed by atoms with Gasteiger partial charge in [-0.1, -0.05) is 43.3 Å². The van der Waals surface area contributed by atoms with Gasteiger partial charge in [-0.25, -0.2) is 10.4 Å². The first-order valence-electron chi connectivity index (χ1n) is 10.4. The number of methoxy groups -OCH3 is 1. The number of H-pyrrole nitrogens is 1. The van der Waals surface area contributed by atoms with Gasteiger partial charge in [0.15, 0.2) is 11.5 Å². The summed E-state index contributed by atoms with van der Waals surface area (Å²) in [5.74, 6) is 1.41. The van der Waals surface area contributed by atoms with Crippen molar-refractivity contribution in [2.75, 3.05) is 19.1 Å². The first-order chi connectivity index (χ1) is 16.1. The molecule has 0 saturated heterocycles. The van der Waals surface area contributed by atoms with E-state index in [9.17, 15) is 10.1 Å². The molecule has 0 unspecified atom stereocenters. The largest absolute Gasteiger partial charge is 0.493 e. The minimum absolute atomic E-state index is 0.0581. The fourth-order valence-corrected chi connectivity index (χ4v) is 3.19. The molecule has 2 N–H and O–H groups in total. The van der Waals surface area contributed by atoms with E-state index in [2.05, 4.69) is 27.1 Å². The Morgan fingerprint density at radius 2 is 2.09 bits per heavy atom. The van der Waals surface area contributed by atoms with Crippen LogP contribution in [0.15, 0.2) is 65.0 Å². The Bertz CT molecular complexity index is 1240. The zero-order chi connectivity index (χ0) is 23.6. The number of ether oxygens (including phenoxy) is 2. The number of nitriles is 1. The molecule has 1 aromatic heterocycles. The smallest absolute Gasteiger partial charge is 0.270 e. The number of hydrazone groups is 1. The lowest BCUT2D eigenvalue weighted by Gasteiger charge is -2.15. The average molecular weight is 444 g/mol. The number of aromatic nitrogens is 2. The van der Waals surface area contributed by atoms with Crippen LogP contribution in [-0.2, 0) is 6.42 Å². The van der Waals surface area contributed by atoms with Crippen molar-refractivity contribution in [3.63, 3.8) is 0 Å². The SMILES string of the molecule is C=CCc1cc(C=NNc2nc(-c3ccccc3)c(C#N)c(=O)[nH]2)cc(OC)c1OCCC. The maximum atomic E-state index is 12.4. The van der Waals surface area contributed by atoms with E-state index in [1.807, 2.05) is 43.3 Å². The fourth-order valence-electron chi connectivity index (χ4n) is 3.19. The zero-order valence-corrected chi connectivity index (χ0v) is 18.6. The van der Waals surface area contributed by atoms with Gasteiger partial charge in [0.05, 0.1) is 25.6 Å². The molecule has 0 aliphatic heterocycles. The maximum absolute atomic E-state index is 12.4. The Kier molecular flexibility index (Phi) is 7.97. The molecule has 8 nitrogen and oxygen atoms in total. The molecule has 0 aliphatic carbocycles. The third-order valence-corrected chi connectivity index (χ3v) is 4.65. The molecule has 1 heterocycles. The molecule has 3 aromatic rings. The van der Waals surface area contributed by atoms with Crippen molar-refractivity contribution in [2.45, 2.75) is 19.8 Å². The number of hydrogen-bond acceptors (Lipinski definition) is 7. The van der Waals surface area contributed by atoms with Gasteiger partial charge in [0.1, 0.15) is 11.6 Å². The standard InChI is InChI=1S/C25H25N5O3/c1-4-9-19-13-17(14-21(32-3)23(19)33-12-5-2)16-27-30-25-28-22(18-10-7-6-8-11-18)20(15-26)24(31)29-25/h4,6-8,10-11,13-14,16H,1,5,9,12H2,2-3H3,(H2,28,29,30,31). The topological polar surface area (TPSA) is 112 Å². The molecule has 2 aromatic carbocycles. The molecular formula is C25H25N5O3. The van der Waals surface area contributed by atoms with Crippen LogP contribution in [0.25, 0.3) is 11.3 Å². The second kappa shape index (κ2) is 11.3. The van der Waals surface area contributed by atoms with E-state index < -0.39 is 5.56 Å². The lowest BCUT2D eigenvalue weighted by Crippen LogP contribution is -2.16. The molecule has 168 valence electrons. The summed E-state index contributed by atoms with van der Waals surface area (Å²) >= 11 is 0. The average Bonchev–Trinajstić information content (AvgIpc) is 2.83. The van der Waals surface area contributed by atoms with Crippen molar-refractivity contribution in [2.24, 2.45) is 5.10 Å². The number of nitrogens with zero attached hydrogens (tertiary/aromatic N) is 3. The Labute approximate surface area is 192 Å². The van der Waals surface area contributed by atoms with Crippen LogP contribution in [0.2, 0.25) is 0 Å². The molecule has 0 radical (unpaired) electrons. The predicted octanol–water partition coefficient (Wildman–Crippen LogP) is 4.28. The van der Waals surface area contributed by atoms with E-state index >= 15 is 0 Å². The van der Waals surface area contributed by atoms with Crippen molar-refractivity contribution >= 4 is 12.2 Å². The quantitative estimate of drug-likeness (QED) is 0.275. The summed E-state index contributed by atoms with van der Waals surface area (Å²) in [6.45, 7) is 6.43. The third-order valence-electron chi connectivity index (χ3n) is 4.65. The maximum Gasteiger partial charge on any atom is 0.270 e. The Morgan fingerprint density at radius 1 is 1.30 bits per heavy atom. The summed E-state index contributed by atoms with van der Waals surface area (Å²) in [7, 11) is 1.58. The lowest BCUT2D eigenvalue weighted by atomic mass is 10.1. The monoisotopic (exact) mass is 443 g/mol. The van der Waals surface area contributed by atoms with Gasteiger partial charge in [-0.3, -0.25) is 9.78 Å². The predicted molar refractivity (Wildman–Crippen MR) is 129 cm³/mol. The summed E-state index contributed by atoms with van der Waals surface area (Å²) in [6, 6.07) is 14.7. The summed E-state index contributed by atoms with van der Waals surface area (Å²) in [5, 5.41) is 13.6. The van der Waals surface area contributed by atoms with Gasteiger partial charge in [-0.05, 0) is 30.5 Å². The molecule has 0 fully saturated rings. The molecule has 33 heavy (non-hydrogen) atoms.